The van der Waals surface area contributed by atoms with Gasteiger partial charge in [-0.2, -0.15) is 5.10 Å². The second-order valence-corrected chi connectivity index (χ2v) is 6.62. The van der Waals surface area contributed by atoms with Crippen molar-refractivity contribution in [2.75, 3.05) is 13.1 Å². The van der Waals surface area contributed by atoms with Crippen molar-refractivity contribution < 1.29 is 9.90 Å². The molecule has 0 aliphatic carbocycles. The van der Waals surface area contributed by atoms with Crippen LogP contribution in [0.3, 0.4) is 0 Å². The molecule has 1 aliphatic heterocycles. The van der Waals surface area contributed by atoms with E-state index in [0.29, 0.717) is 12.8 Å². The molecule has 2 rings (SSSR count). The van der Waals surface area contributed by atoms with Crippen molar-refractivity contribution >= 4 is 21.9 Å². The number of nitrogens with zero attached hydrogens (tertiary/aromatic N) is 3. The minimum absolute atomic E-state index is 0.561. The van der Waals surface area contributed by atoms with Gasteiger partial charge in [-0.05, 0) is 55.2 Å². The van der Waals surface area contributed by atoms with Crippen LogP contribution in [0.4, 0.5) is 0 Å². The Bertz CT molecular complexity index is 505. The number of carboxylic acid groups (broad SMARTS) is 1. The minimum Gasteiger partial charge on any atom is -0.481 e. The van der Waals surface area contributed by atoms with Crippen molar-refractivity contribution in [2.45, 2.75) is 39.7 Å². The zero-order valence-corrected chi connectivity index (χ0v) is 13.9. The molecule has 20 heavy (non-hydrogen) atoms. The van der Waals surface area contributed by atoms with Crippen LogP contribution < -0.4 is 0 Å². The molecule has 1 N–H and O–H groups in total. The van der Waals surface area contributed by atoms with Crippen LogP contribution in [-0.4, -0.2) is 38.8 Å². The van der Waals surface area contributed by atoms with Gasteiger partial charge in [0.2, 0.25) is 0 Å². The van der Waals surface area contributed by atoms with Crippen LogP contribution in [0.2, 0.25) is 0 Å². The molecule has 0 saturated carbocycles. The third kappa shape index (κ3) is 2.91. The third-order valence-electron chi connectivity index (χ3n) is 4.35. The Balaban J connectivity index is 2.03. The maximum absolute atomic E-state index is 11.3. The van der Waals surface area contributed by atoms with Gasteiger partial charge in [-0.15, -0.1) is 0 Å². The van der Waals surface area contributed by atoms with Crippen molar-refractivity contribution in [2.24, 2.45) is 12.5 Å². The number of carbonyl (C=O) groups is 1. The highest BCUT2D eigenvalue weighted by molar-refractivity contribution is 9.10. The number of carboxylic acids is 1. The van der Waals surface area contributed by atoms with E-state index in [1.165, 1.54) is 5.69 Å². The number of likely N-dealkylation sites (tertiary alicyclic amines) is 1. The highest BCUT2D eigenvalue weighted by Crippen LogP contribution is 2.32. The number of halogens is 1. The molecule has 0 radical (unpaired) electrons. The Labute approximate surface area is 128 Å². The summed E-state index contributed by atoms with van der Waals surface area (Å²) in [6.45, 7) is 6.40. The van der Waals surface area contributed by atoms with Gasteiger partial charge in [-0.25, -0.2) is 0 Å². The van der Waals surface area contributed by atoms with Crippen molar-refractivity contribution in [3.8, 4) is 0 Å². The molecule has 2 heterocycles. The topological polar surface area (TPSA) is 58.4 Å². The summed E-state index contributed by atoms with van der Waals surface area (Å²) in [6.07, 6.45) is 2.32. The predicted molar refractivity (Wildman–Crippen MR) is 80.5 cm³/mol. The van der Waals surface area contributed by atoms with E-state index in [-0.39, 0.29) is 0 Å². The molecule has 1 aromatic heterocycles. The summed E-state index contributed by atoms with van der Waals surface area (Å²) in [5.41, 5.74) is 1.69. The molecule has 0 amide bonds. The second-order valence-electron chi connectivity index (χ2n) is 5.83. The monoisotopic (exact) mass is 343 g/mol. The number of rotatable bonds is 4. The zero-order valence-electron chi connectivity index (χ0n) is 12.3. The Morgan fingerprint density at radius 3 is 2.50 bits per heavy atom. The minimum atomic E-state index is -0.674. The average Bonchev–Trinajstić information content (AvgIpc) is 2.68. The molecule has 1 aromatic rings. The van der Waals surface area contributed by atoms with E-state index >= 15 is 0 Å². The van der Waals surface area contributed by atoms with Gasteiger partial charge in [0, 0.05) is 13.6 Å². The van der Waals surface area contributed by atoms with Crippen LogP contribution in [0.25, 0.3) is 0 Å². The van der Waals surface area contributed by atoms with Gasteiger partial charge >= 0.3 is 5.97 Å². The van der Waals surface area contributed by atoms with E-state index in [0.717, 1.165) is 36.2 Å². The first-order valence-electron chi connectivity index (χ1n) is 7.03. The summed E-state index contributed by atoms with van der Waals surface area (Å²) in [4.78, 5) is 13.6. The highest BCUT2D eigenvalue weighted by atomic mass is 79.9. The van der Waals surface area contributed by atoms with Gasteiger partial charge < -0.3 is 5.11 Å². The van der Waals surface area contributed by atoms with Gasteiger partial charge in [-0.3, -0.25) is 14.4 Å². The normalized spacial score (nSPS) is 19.2. The van der Waals surface area contributed by atoms with Crippen LogP contribution in [-0.2, 0) is 24.8 Å². The van der Waals surface area contributed by atoms with E-state index in [9.17, 15) is 9.90 Å². The average molecular weight is 344 g/mol. The van der Waals surface area contributed by atoms with Crippen LogP contribution in [0.5, 0.6) is 0 Å². The van der Waals surface area contributed by atoms with Crippen LogP contribution >= 0.6 is 15.9 Å². The molecule has 0 aromatic carbocycles. The van der Waals surface area contributed by atoms with E-state index in [2.05, 4.69) is 32.9 Å². The van der Waals surface area contributed by atoms with Gasteiger partial charge in [0.15, 0.2) is 0 Å². The van der Waals surface area contributed by atoms with E-state index in [4.69, 9.17) is 0 Å². The molecule has 1 saturated heterocycles. The van der Waals surface area contributed by atoms with Crippen molar-refractivity contribution in [3.05, 3.63) is 15.9 Å². The Morgan fingerprint density at radius 2 is 2.05 bits per heavy atom. The molecule has 5 nitrogen and oxygen atoms in total. The van der Waals surface area contributed by atoms with Gasteiger partial charge in [0.05, 0.1) is 21.3 Å². The SMILES string of the molecule is CCc1nn(C)c(CN2CCC(C)(C(=O)O)CC2)c1Br. The summed E-state index contributed by atoms with van der Waals surface area (Å²) in [7, 11) is 1.96. The van der Waals surface area contributed by atoms with Crippen molar-refractivity contribution in [3.63, 3.8) is 0 Å². The molecular formula is C14H22BrN3O2. The summed E-state index contributed by atoms with van der Waals surface area (Å²) in [6, 6.07) is 0. The second kappa shape index (κ2) is 5.85. The van der Waals surface area contributed by atoms with Gasteiger partial charge in [0.1, 0.15) is 0 Å². The Kier molecular flexibility index (Phi) is 4.54. The lowest BCUT2D eigenvalue weighted by Gasteiger charge is -2.36. The van der Waals surface area contributed by atoms with Crippen LogP contribution in [0, 0.1) is 5.41 Å². The first-order chi connectivity index (χ1) is 9.37. The molecule has 0 unspecified atom stereocenters. The maximum atomic E-state index is 11.3. The fourth-order valence-corrected chi connectivity index (χ4v) is 3.36. The van der Waals surface area contributed by atoms with E-state index in [1.54, 1.807) is 0 Å². The fraction of sp³-hybridized carbons (Fsp3) is 0.714. The molecule has 112 valence electrons. The molecular weight excluding hydrogens is 322 g/mol. The molecule has 1 aliphatic rings. The predicted octanol–water partition coefficient (Wildman–Crippen LogP) is 2.43. The lowest BCUT2D eigenvalue weighted by Crippen LogP contribution is -2.42. The smallest absolute Gasteiger partial charge is 0.309 e. The number of aromatic nitrogens is 2. The largest absolute Gasteiger partial charge is 0.481 e. The molecule has 0 bridgehead atoms. The molecule has 0 atom stereocenters. The number of piperidine rings is 1. The number of aliphatic carboxylic acids is 1. The lowest BCUT2D eigenvalue weighted by atomic mass is 9.80. The standard InChI is InChI=1S/C14H22BrN3O2/c1-4-10-12(15)11(17(3)16-10)9-18-7-5-14(2,6-8-18)13(19)20/h4-9H2,1-3H3,(H,19,20). The van der Waals surface area contributed by atoms with Gasteiger partial charge in [0.25, 0.3) is 0 Å². The first kappa shape index (κ1) is 15.5. The van der Waals surface area contributed by atoms with E-state index < -0.39 is 11.4 Å². The molecule has 0 spiro atoms. The van der Waals surface area contributed by atoms with Crippen LogP contribution in [0.1, 0.15) is 38.1 Å². The highest BCUT2D eigenvalue weighted by Gasteiger charge is 2.37. The summed E-state index contributed by atoms with van der Waals surface area (Å²) < 4.78 is 3.02. The van der Waals surface area contributed by atoms with Crippen LogP contribution in [0.15, 0.2) is 4.47 Å². The Morgan fingerprint density at radius 1 is 1.45 bits per heavy atom. The number of aryl methyl sites for hydroxylation is 2. The maximum Gasteiger partial charge on any atom is 0.309 e. The molecule has 1 fully saturated rings. The lowest BCUT2D eigenvalue weighted by molar-refractivity contribution is -0.150. The third-order valence-corrected chi connectivity index (χ3v) is 5.27. The number of hydrogen-bond donors (Lipinski definition) is 1. The van der Waals surface area contributed by atoms with Crippen molar-refractivity contribution in [1.82, 2.24) is 14.7 Å². The van der Waals surface area contributed by atoms with E-state index in [1.807, 2.05) is 18.7 Å². The fourth-order valence-electron chi connectivity index (χ4n) is 2.62. The summed E-state index contributed by atoms with van der Waals surface area (Å²) >= 11 is 3.63. The summed E-state index contributed by atoms with van der Waals surface area (Å²) in [5.74, 6) is -0.674. The summed E-state index contributed by atoms with van der Waals surface area (Å²) in [5, 5.41) is 13.8. The Hall–Kier alpha value is -0.880. The molecule has 6 heteroatoms. The number of hydrogen-bond acceptors (Lipinski definition) is 3. The first-order valence-corrected chi connectivity index (χ1v) is 7.82. The zero-order chi connectivity index (χ0) is 14.9. The quantitative estimate of drug-likeness (QED) is 0.912. The van der Waals surface area contributed by atoms with Gasteiger partial charge in [-0.1, -0.05) is 6.92 Å². The van der Waals surface area contributed by atoms with Crippen molar-refractivity contribution in [1.29, 1.82) is 0 Å².